The first kappa shape index (κ1) is 31.3. The quantitative estimate of drug-likeness (QED) is 0.138. The van der Waals surface area contributed by atoms with Crippen LogP contribution in [0.1, 0.15) is 21.5 Å². The molecule has 0 spiro atoms. The van der Waals surface area contributed by atoms with Crippen molar-refractivity contribution in [3.63, 3.8) is 0 Å². The van der Waals surface area contributed by atoms with Gasteiger partial charge in [-0.2, -0.15) is 13.2 Å². The molecule has 0 radical (unpaired) electrons. The molecular weight excluding hydrogens is 649 g/mol. The summed E-state index contributed by atoms with van der Waals surface area (Å²) in [5, 5.41) is 15.5. The Labute approximate surface area is 265 Å². The lowest BCUT2D eigenvalue weighted by Gasteiger charge is -2.18. The number of aliphatic carboxylic acids is 1. The minimum absolute atomic E-state index is 0.0131. The number of benzene rings is 5. The third-order valence-electron chi connectivity index (χ3n) is 6.88. The zero-order valence-corrected chi connectivity index (χ0v) is 25.1. The number of hydrogen-bond acceptors (Lipinski definition) is 4. The first-order chi connectivity index (χ1) is 21.6. The molecule has 1 amide bonds. The first-order valence-corrected chi connectivity index (χ1v) is 14.5. The molecule has 5 aromatic carbocycles. The normalized spacial score (nSPS) is 11.8. The number of nitrogens with one attached hydrogen (secondary N) is 2. The summed E-state index contributed by atoms with van der Waals surface area (Å²) >= 11 is 3.32. The van der Waals surface area contributed by atoms with Crippen LogP contribution in [0.25, 0.3) is 11.1 Å². The highest BCUT2D eigenvalue weighted by Gasteiger charge is 2.30. The topological polar surface area (TPSA) is 87.7 Å². The fourth-order valence-corrected chi connectivity index (χ4v) is 4.97. The molecule has 6 nitrogen and oxygen atoms in total. The number of amides is 1. The van der Waals surface area contributed by atoms with Gasteiger partial charge in [0.05, 0.1) is 16.8 Å². The summed E-state index contributed by atoms with van der Waals surface area (Å²) < 4.78 is 45.5. The lowest BCUT2D eigenvalue weighted by Crippen LogP contribution is -2.42. The fraction of sp³-hybridized carbons (Fsp3) is 0.0857. The van der Waals surface area contributed by atoms with E-state index in [0.29, 0.717) is 32.9 Å². The van der Waals surface area contributed by atoms with Crippen molar-refractivity contribution in [3.05, 3.63) is 142 Å². The summed E-state index contributed by atoms with van der Waals surface area (Å²) in [6, 6.07) is 32.2. The average molecular weight is 676 g/mol. The van der Waals surface area contributed by atoms with Crippen LogP contribution in [0.15, 0.2) is 126 Å². The van der Waals surface area contributed by atoms with E-state index in [1.54, 1.807) is 24.3 Å². The number of carbonyl (C=O) groups excluding carboxylic acids is 1. The van der Waals surface area contributed by atoms with E-state index < -0.39 is 29.7 Å². The Morgan fingerprint density at radius 2 is 1.49 bits per heavy atom. The van der Waals surface area contributed by atoms with Crippen molar-refractivity contribution in [3.8, 4) is 22.6 Å². The highest BCUT2D eigenvalue weighted by atomic mass is 79.9. The molecule has 10 heteroatoms. The Morgan fingerprint density at radius 3 is 2.16 bits per heavy atom. The second-order valence-corrected chi connectivity index (χ2v) is 11.0. The van der Waals surface area contributed by atoms with Gasteiger partial charge in [-0.15, -0.1) is 0 Å². The number of carboxylic acids is 1. The lowest BCUT2D eigenvalue weighted by atomic mass is 9.99. The molecule has 228 valence electrons. The van der Waals surface area contributed by atoms with E-state index in [9.17, 15) is 27.9 Å². The highest BCUT2D eigenvalue weighted by Crippen LogP contribution is 2.34. The van der Waals surface area contributed by atoms with E-state index in [-0.39, 0.29) is 12.0 Å². The van der Waals surface area contributed by atoms with E-state index in [1.165, 1.54) is 18.2 Å². The molecule has 1 unspecified atom stereocenters. The molecular formula is C35H26BrF3N2O4. The molecule has 3 N–H and O–H groups in total. The van der Waals surface area contributed by atoms with Crippen molar-refractivity contribution in [2.45, 2.75) is 18.6 Å². The Kier molecular flexibility index (Phi) is 9.53. The molecule has 0 fully saturated rings. The number of ether oxygens (including phenoxy) is 1. The minimum atomic E-state index is -4.48. The number of anilines is 2. The predicted octanol–water partition coefficient (Wildman–Crippen LogP) is 9.10. The summed E-state index contributed by atoms with van der Waals surface area (Å²) in [7, 11) is 0. The van der Waals surface area contributed by atoms with Crippen LogP contribution in [0.3, 0.4) is 0 Å². The molecule has 0 bridgehead atoms. The first-order valence-electron chi connectivity index (χ1n) is 13.8. The van der Waals surface area contributed by atoms with Crippen LogP contribution < -0.4 is 15.4 Å². The van der Waals surface area contributed by atoms with E-state index in [2.05, 4.69) is 26.6 Å². The third kappa shape index (κ3) is 8.10. The molecule has 0 aliphatic heterocycles. The van der Waals surface area contributed by atoms with Crippen molar-refractivity contribution >= 4 is 39.2 Å². The maximum atomic E-state index is 13.3. The minimum Gasteiger partial charge on any atom is -0.480 e. The van der Waals surface area contributed by atoms with Gasteiger partial charge in [-0.05, 0) is 71.8 Å². The number of hydrogen-bond donors (Lipinski definition) is 3. The zero-order valence-electron chi connectivity index (χ0n) is 23.5. The number of rotatable bonds is 10. The van der Waals surface area contributed by atoms with Crippen molar-refractivity contribution in [2.24, 2.45) is 0 Å². The maximum absolute atomic E-state index is 13.3. The Balaban J connectivity index is 1.30. The zero-order chi connectivity index (χ0) is 32.0. The van der Waals surface area contributed by atoms with Gasteiger partial charge >= 0.3 is 12.1 Å². The summed E-state index contributed by atoms with van der Waals surface area (Å²) in [6.45, 7) is 0. The number of carbonyl (C=O) groups is 2. The molecule has 0 aromatic heterocycles. The van der Waals surface area contributed by atoms with Gasteiger partial charge in [0.2, 0.25) is 0 Å². The number of para-hydroxylation sites is 2. The van der Waals surface area contributed by atoms with Gasteiger partial charge in [-0.25, -0.2) is 4.79 Å². The van der Waals surface area contributed by atoms with Crippen LogP contribution in [0.2, 0.25) is 0 Å². The van der Waals surface area contributed by atoms with Crippen LogP contribution in [0.4, 0.5) is 24.5 Å². The SMILES string of the molecule is O=C(NC(Cc1ccc(-c2ccccc2Oc2ccccc2)cc1)C(=O)O)c1cc(Br)ccc1Nc1ccc(C(F)(F)F)cc1. The van der Waals surface area contributed by atoms with Gasteiger partial charge in [0.1, 0.15) is 17.5 Å². The van der Waals surface area contributed by atoms with Crippen LogP contribution in [-0.2, 0) is 17.4 Å². The third-order valence-corrected chi connectivity index (χ3v) is 7.38. The van der Waals surface area contributed by atoms with Crippen molar-refractivity contribution in [1.82, 2.24) is 5.32 Å². The molecule has 45 heavy (non-hydrogen) atoms. The maximum Gasteiger partial charge on any atom is 0.416 e. The van der Waals surface area contributed by atoms with E-state index in [0.717, 1.165) is 23.3 Å². The van der Waals surface area contributed by atoms with E-state index in [4.69, 9.17) is 4.74 Å². The molecule has 0 aliphatic carbocycles. The van der Waals surface area contributed by atoms with Crippen LogP contribution >= 0.6 is 15.9 Å². The molecule has 0 aliphatic rings. The fourth-order valence-electron chi connectivity index (χ4n) is 4.61. The Bertz CT molecular complexity index is 1800. The van der Waals surface area contributed by atoms with Gasteiger partial charge in [-0.3, -0.25) is 4.79 Å². The summed E-state index contributed by atoms with van der Waals surface area (Å²) in [6.07, 6.45) is -4.46. The number of alkyl halides is 3. The Hall–Kier alpha value is -5.09. The predicted molar refractivity (Wildman–Crippen MR) is 170 cm³/mol. The smallest absolute Gasteiger partial charge is 0.416 e. The second kappa shape index (κ2) is 13.7. The number of halogens is 4. The van der Waals surface area contributed by atoms with Gasteiger partial charge in [-0.1, -0.05) is 76.6 Å². The summed E-state index contributed by atoms with van der Waals surface area (Å²) in [5.41, 5.74) is 2.34. The Morgan fingerprint density at radius 1 is 0.822 bits per heavy atom. The van der Waals surface area contributed by atoms with Crippen molar-refractivity contribution in [2.75, 3.05) is 5.32 Å². The van der Waals surface area contributed by atoms with Gasteiger partial charge in [0.25, 0.3) is 5.91 Å². The molecule has 0 heterocycles. The van der Waals surface area contributed by atoms with Crippen molar-refractivity contribution in [1.29, 1.82) is 0 Å². The molecule has 5 aromatic rings. The van der Waals surface area contributed by atoms with Gasteiger partial charge in [0.15, 0.2) is 0 Å². The van der Waals surface area contributed by atoms with Gasteiger partial charge in [0, 0.05) is 22.1 Å². The van der Waals surface area contributed by atoms with Gasteiger partial charge < -0.3 is 20.5 Å². The summed E-state index contributed by atoms with van der Waals surface area (Å²) in [4.78, 5) is 25.5. The van der Waals surface area contributed by atoms with E-state index >= 15 is 0 Å². The number of carboxylic acid groups (broad SMARTS) is 1. The van der Waals surface area contributed by atoms with Crippen LogP contribution in [0.5, 0.6) is 11.5 Å². The highest BCUT2D eigenvalue weighted by molar-refractivity contribution is 9.10. The van der Waals surface area contributed by atoms with Crippen LogP contribution in [0, 0.1) is 0 Å². The molecule has 0 saturated carbocycles. The van der Waals surface area contributed by atoms with E-state index in [1.807, 2.05) is 66.7 Å². The molecule has 5 rings (SSSR count). The molecule has 0 saturated heterocycles. The standard InChI is InChI=1S/C35H26BrF3N2O4/c36-25-16-19-30(40-26-17-14-24(15-18-26)35(37,38)39)29(21-25)33(42)41-31(34(43)44)20-22-10-12-23(13-11-22)28-8-4-5-9-32(28)45-27-6-2-1-3-7-27/h1-19,21,31,40H,20H2,(H,41,42)(H,43,44). The largest absolute Gasteiger partial charge is 0.480 e. The summed E-state index contributed by atoms with van der Waals surface area (Å²) in [5.74, 6) is -0.519. The van der Waals surface area contributed by atoms with Crippen molar-refractivity contribution < 1.29 is 32.6 Å². The average Bonchev–Trinajstić information content (AvgIpc) is 3.02. The monoisotopic (exact) mass is 674 g/mol. The molecule has 1 atom stereocenters. The lowest BCUT2D eigenvalue weighted by molar-refractivity contribution is -0.139. The second-order valence-electron chi connectivity index (χ2n) is 10.1. The van der Waals surface area contributed by atoms with Crippen LogP contribution in [-0.4, -0.2) is 23.0 Å².